The Bertz CT molecular complexity index is 1040. The first-order chi connectivity index (χ1) is 15.5. The van der Waals surface area contributed by atoms with Gasteiger partial charge in [0.15, 0.2) is 0 Å². The van der Waals surface area contributed by atoms with Gasteiger partial charge in [0.1, 0.15) is 11.4 Å². The number of halogens is 1. The molecule has 2 aromatic carbocycles. The number of aliphatic hydroxyl groups excluding tert-OH is 1. The van der Waals surface area contributed by atoms with Gasteiger partial charge in [-0.3, -0.25) is 4.90 Å². The van der Waals surface area contributed by atoms with Gasteiger partial charge in [-0.2, -0.15) is 0 Å². The van der Waals surface area contributed by atoms with Crippen molar-refractivity contribution in [2.75, 3.05) is 13.1 Å². The van der Waals surface area contributed by atoms with E-state index in [4.69, 9.17) is 9.15 Å². The van der Waals surface area contributed by atoms with E-state index < -0.39 is 6.10 Å². The molecule has 170 valence electrons. The summed E-state index contributed by atoms with van der Waals surface area (Å²) >= 11 is 3.50. The Kier molecular flexibility index (Phi) is 6.98. The zero-order chi connectivity index (χ0) is 22.7. The predicted octanol–water partition coefficient (Wildman–Crippen LogP) is 5.68. The summed E-state index contributed by atoms with van der Waals surface area (Å²) in [6.07, 6.45) is 1.86. The highest BCUT2D eigenvalue weighted by molar-refractivity contribution is 9.10. The number of aryl methyl sites for hydroxylation is 1. The minimum atomic E-state index is -0.485. The molecule has 1 saturated heterocycles. The average Bonchev–Trinajstić information content (AvgIpc) is 3.25. The van der Waals surface area contributed by atoms with Gasteiger partial charge < -0.3 is 14.3 Å². The molecule has 0 radical (unpaired) electrons. The number of ether oxygens (including phenoxy) is 1. The monoisotopic (exact) mass is 499 g/mol. The molecule has 1 spiro atoms. The van der Waals surface area contributed by atoms with Crippen LogP contribution in [-0.4, -0.2) is 38.9 Å². The van der Waals surface area contributed by atoms with E-state index in [9.17, 15) is 5.11 Å². The van der Waals surface area contributed by atoms with E-state index in [0.717, 1.165) is 47.3 Å². The maximum Gasteiger partial charge on any atom is 0.247 e. The molecule has 1 N–H and O–H groups in total. The molecule has 2 aliphatic rings. The number of fused-ring (bicyclic) bond motifs is 1. The second-order valence-corrected chi connectivity index (χ2v) is 9.25. The van der Waals surface area contributed by atoms with Crippen LogP contribution in [0, 0.1) is 6.92 Å². The molecule has 1 unspecified atom stereocenters. The SMILES string of the molecule is CC.Cc1ccc(-c2nnc(CN3CCC4(CC3)CC(O)c3ccc(Br)cc3O4)o2)cc1. The van der Waals surface area contributed by atoms with Crippen LogP contribution in [0.3, 0.4) is 0 Å². The molecule has 1 fully saturated rings. The third-order valence-corrected chi connectivity index (χ3v) is 6.61. The van der Waals surface area contributed by atoms with Crippen LogP contribution in [0.2, 0.25) is 0 Å². The van der Waals surface area contributed by atoms with E-state index in [1.54, 1.807) is 0 Å². The molecule has 3 aromatic rings. The lowest BCUT2D eigenvalue weighted by atomic mass is 9.81. The number of hydrogen-bond donors (Lipinski definition) is 1. The van der Waals surface area contributed by atoms with Crippen LogP contribution in [0.25, 0.3) is 11.5 Å². The Balaban J connectivity index is 0.00000119. The van der Waals surface area contributed by atoms with Gasteiger partial charge in [-0.25, -0.2) is 0 Å². The Labute approximate surface area is 197 Å². The number of aromatic nitrogens is 2. The first-order valence-electron chi connectivity index (χ1n) is 11.3. The molecule has 5 rings (SSSR count). The van der Waals surface area contributed by atoms with Crippen LogP contribution < -0.4 is 4.74 Å². The van der Waals surface area contributed by atoms with Gasteiger partial charge in [-0.05, 0) is 44.0 Å². The van der Waals surface area contributed by atoms with Gasteiger partial charge in [-0.1, -0.05) is 53.5 Å². The number of likely N-dealkylation sites (tertiary alicyclic amines) is 1. The summed E-state index contributed by atoms with van der Waals surface area (Å²) in [4.78, 5) is 2.31. The summed E-state index contributed by atoms with van der Waals surface area (Å²) in [7, 11) is 0. The first-order valence-corrected chi connectivity index (χ1v) is 12.1. The highest BCUT2D eigenvalue weighted by atomic mass is 79.9. The van der Waals surface area contributed by atoms with Crippen molar-refractivity contribution in [3.63, 3.8) is 0 Å². The van der Waals surface area contributed by atoms with Crippen LogP contribution in [0.15, 0.2) is 51.4 Å². The summed E-state index contributed by atoms with van der Waals surface area (Å²) in [5.74, 6) is 1.97. The largest absolute Gasteiger partial charge is 0.487 e. The van der Waals surface area contributed by atoms with Crippen LogP contribution in [0.4, 0.5) is 0 Å². The van der Waals surface area contributed by atoms with Crippen molar-refractivity contribution < 1.29 is 14.3 Å². The maximum absolute atomic E-state index is 10.7. The van der Waals surface area contributed by atoms with Gasteiger partial charge in [0.05, 0.1) is 12.6 Å². The molecule has 7 heteroatoms. The minimum absolute atomic E-state index is 0.314. The molecule has 2 aliphatic heterocycles. The van der Waals surface area contributed by atoms with Crippen molar-refractivity contribution in [3.05, 3.63) is 64.0 Å². The standard InChI is InChI=1S/C23H24BrN3O3.C2H6/c1-15-2-4-16(5-3-15)22-26-25-21(29-22)14-27-10-8-23(9-11-27)13-19(28)18-7-6-17(24)12-20(18)30-23;1-2/h2-7,12,19,28H,8-11,13-14H2,1H3;1-2H3. The number of nitrogens with zero attached hydrogens (tertiary/aromatic N) is 3. The van der Waals surface area contributed by atoms with Crippen molar-refractivity contribution in [1.82, 2.24) is 15.1 Å². The molecule has 3 heterocycles. The van der Waals surface area contributed by atoms with Gasteiger partial charge in [-0.15, -0.1) is 10.2 Å². The van der Waals surface area contributed by atoms with Crippen molar-refractivity contribution in [2.45, 2.75) is 58.3 Å². The lowest BCUT2D eigenvalue weighted by Gasteiger charge is -2.45. The zero-order valence-corrected chi connectivity index (χ0v) is 20.4. The molecule has 0 bridgehead atoms. The summed E-state index contributed by atoms with van der Waals surface area (Å²) < 4.78 is 13.3. The number of rotatable bonds is 3. The Hall–Kier alpha value is -2.22. The van der Waals surface area contributed by atoms with Crippen molar-refractivity contribution >= 4 is 15.9 Å². The van der Waals surface area contributed by atoms with E-state index in [0.29, 0.717) is 24.7 Å². The zero-order valence-electron chi connectivity index (χ0n) is 18.8. The van der Waals surface area contributed by atoms with Gasteiger partial charge >= 0.3 is 0 Å². The maximum atomic E-state index is 10.7. The Morgan fingerprint density at radius 2 is 1.81 bits per heavy atom. The second-order valence-electron chi connectivity index (χ2n) is 8.33. The van der Waals surface area contributed by atoms with Crippen LogP contribution in [-0.2, 0) is 6.54 Å². The third kappa shape index (κ3) is 4.90. The summed E-state index contributed by atoms with van der Waals surface area (Å²) in [5, 5.41) is 19.1. The average molecular weight is 500 g/mol. The Morgan fingerprint density at radius 3 is 2.53 bits per heavy atom. The quantitative estimate of drug-likeness (QED) is 0.499. The minimum Gasteiger partial charge on any atom is -0.487 e. The molecule has 1 atom stereocenters. The fraction of sp³-hybridized carbons (Fsp3) is 0.440. The molecule has 0 saturated carbocycles. The van der Waals surface area contributed by atoms with Gasteiger partial charge in [0.25, 0.3) is 0 Å². The highest BCUT2D eigenvalue weighted by Gasteiger charge is 2.43. The summed E-state index contributed by atoms with van der Waals surface area (Å²) in [6, 6.07) is 13.9. The summed E-state index contributed by atoms with van der Waals surface area (Å²) in [6.45, 7) is 8.40. The molecule has 1 aromatic heterocycles. The molecular formula is C25H30BrN3O3. The number of hydrogen-bond acceptors (Lipinski definition) is 6. The van der Waals surface area contributed by atoms with Crippen molar-refractivity contribution in [3.8, 4) is 17.2 Å². The first kappa shape index (κ1) is 23.0. The lowest BCUT2D eigenvalue weighted by Crippen LogP contribution is -2.50. The van der Waals surface area contributed by atoms with E-state index in [-0.39, 0.29) is 5.60 Å². The molecular weight excluding hydrogens is 470 g/mol. The second kappa shape index (κ2) is 9.73. The van der Waals surface area contributed by atoms with Gasteiger partial charge in [0.2, 0.25) is 11.8 Å². The van der Waals surface area contributed by atoms with Crippen molar-refractivity contribution in [1.29, 1.82) is 0 Å². The predicted molar refractivity (Wildman–Crippen MR) is 127 cm³/mol. The van der Waals surface area contributed by atoms with E-state index in [1.165, 1.54) is 5.56 Å². The van der Waals surface area contributed by atoms with Crippen LogP contribution >= 0.6 is 15.9 Å². The molecule has 0 aliphatic carbocycles. The molecule has 0 amide bonds. The van der Waals surface area contributed by atoms with Crippen LogP contribution in [0.5, 0.6) is 5.75 Å². The van der Waals surface area contributed by atoms with E-state index >= 15 is 0 Å². The van der Waals surface area contributed by atoms with E-state index in [1.807, 2.05) is 56.3 Å². The summed E-state index contributed by atoms with van der Waals surface area (Å²) in [5.41, 5.74) is 2.70. The van der Waals surface area contributed by atoms with E-state index in [2.05, 4.69) is 38.0 Å². The fourth-order valence-corrected chi connectivity index (χ4v) is 4.70. The number of aliphatic hydroxyl groups is 1. The normalized spacial score (nSPS) is 19.6. The topological polar surface area (TPSA) is 71.6 Å². The fourth-order valence-electron chi connectivity index (χ4n) is 4.36. The number of benzene rings is 2. The van der Waals surface area contributed by atoms with Crippen LogP contribution in [0.1, 0.15) is 56.2 Å². The molecule has 32 heavy (non-hydrogen) atoms. The Morgan fingerprint density at radius 1 is 1.09 bits per heavy atom. The van der Waals surface area contributed by atoms with Gasteiger partial charge in [0, 0.05) is 35.1 Å². The van der Waals surface area contributed by atoms with Crippen molar-refractivity contribution in [2.24, 2.45) is 0 Å². The smallest absolute Gasteiger partial charge is 0.247 e. The third-order valence-electron chi connectivity index (χ3n) is 6.12. The number of piperidine rings is 1. The molecule has 6 nitrogen and oxygen atoms in total. The highest BCUT2D eigenvalue weighted by Crippen LogP contribution is 2.45. The lowest BCUT2D eigenvalue weighted by molar-refractivity contribution is -0.0560.